The highest BCUT2D eigenvalue weighted by atomic mass is 15.2. The first-order valence-corrected chi connectivity index (χ1v) is 4.71. The molecule has 0 amide bonds. The van der Waals surface area contributed by atoms with Gasteiger partial charge < -0.3 is 4.90 Å². The minimum Gasteiger partial charge on any atom is -0.304 e. The van der Waals surface area contributed by atoms with Crippen molar-refractivity contribution in [3.63, 3.8) is 0 Å². The predicted molar refractivity (Wildman–Crippen MR) is 58.3 cm³/mol. The zero-order valence-electron chi connectivity index (χ0n) is 7.72. The van der Waals surface area contributed by atoms with Crippen LogP contribution in [0.15, 0.2) is 53.3 Å². The van der Waals surface area contributed by atoms with Gasteiger partial charge in [-0.25, -0.2) is 4.99 Å². The Morgan fingerprint density at radius 1 is 1.21 bits per heavy atom. The van der Waals surface area contributed by atoms with Crippen LogP contribution in [-0.2, 0) is 6.42 Å². The number of allylic oxidation sites excluding steroid dienone is 3. The van der Waals surface area contributed by atoms with Crippen molar-refractivity contribution in [2.45, 2.75) is 6.42 Å². The SMILES string of the molecule is C1=CN=CN2C(=C1)Cc1ccccc12. The lowest BCUT2D eigenvalue weighted by molar-refractivity contribution is 1.19. The normalized spacial score (nSPS) is 17.4. The number of hydrogen-bond donors (Lipinski definition) is 0. The predicted octanol–water partition coefficient (Wildman–Crippen LogP) is 2.49. The highest BCUT2D eigenvalue weighted by molar-refractivity contribution is 5.88. The summed E-state index contributed by atoms with van der Waals surface area (Å²) in [6, 6.07) is 8.45. The van der Waals surface area contributed by atoms with Crippen molar-refractivity contribution >= 4 is 12.0 Å². The maximum atomic E-state index is 4.18. The van der Waals surface area contributed by atoms with Gasteiger partial charge in [0.25, 0.3) is 0 Å². The first-order chi connectivity index (χ1) is 6.95. The zero-order valence-corrected chi connectivity index (χ0v) is 7.72. The maximum absolute atomic E-state index is 4.18. The first kappa shape index (κ1) is 7.56. The Labute approximate surface area is 82.9 Å². The average molecular weight is 182 g/mol. The third-order valence-electron chi connectivity index (χ3n) is 2.58. The lowest BCUT2D eigenvalue weighted by atomic mass is 10.1. The van der Waals surface area contributed by atoms with Crippen LogP contribution in [0.1, 0.15) is 5.56 Å². The van der Waals surface area contributed by atoms with E-state index < -0.39 is 0 Å². The van der Waals surface area contributed by atoms with Crippen LogP contribution < -0.4 is 4.90 Å². The average Bonchev–Trinajstić information content (AvgIpc) is 2.42. The molecule has 0 atom stereocenters. The second-order valence-electron chi connectivity index (χ2n) is 3.44. The van der Waals surface area contributed by atoms with Gasteiger partial charge in [0.1, 0.15) is 0 Å². The van der Waals surface area contributed by atoms with Crippen molar-refractivity contribution < 1.29 is 0 Å². The molecular weight excluding hydrogens is 172 g/mol. The number of hydrogen-bond acceptors (Lipinski definition) is 2. The van der Waals surface area contributed by atoms with Crippen LogP contribution in [0.4, 0.5) is 5.69 Å². The van der Waals surface area contributed by atoms with Crippen LogP contribution in [0.3, 0.4) is 0 Å². The molecule has 1 aromatic rings. The Kier molecular flexibility index (Phi) is 1.53. The Balaban J connectivity index is 2.16. The molecule has 0 N–H and O–H groups in total. The second-order valence-corrected chi connectivity index (χ2v) is 3.44. The van der Waals surface area contributed by atoms with Gasteiger partial charge in [0, 0.05) is 18.3 Å². The van der Waals surface area contributed by atoms with Crippen LogP contribution in [0.5, 0.6) is 0 Å². The summed E-state index contributed by atoms with van der Waals surface area (Å²) in [6.45, 7) is 0. The lowest BCUT2D eigenvalue weighted by Crippen LogP contribution is -2.14. The molecule has 2 aliphatic heterocycles. The van der Waals surface area contributed by atoms with Crippen LogP contribution in [-0.4, -0.2) is 6.34 Å². The smallest absolute Gasteiger partial charge is 0.0993 e. The number of aliphatic imine (C=N–C) groups is 1. The minimum absolute atomic E-state index is 1.01. The molecule has 0 aliphatic carbocycles. The van der Waals surface area contributed by atoms with E-state index in [0.29, 0.717) is 0 Å². The van der Waals surface area contributed by atoms with E-state index in [9.17, 15) is 0 Å². The number of anilines is 1. The van der Waals surface area contributed by atoms with E-state index in [1.54, 1.807) is 0 Å². The Bertz CT molecular complexity index is 455. The summed E-state index contributed by atoms with van der Waals surface area (Å²) in [5.41, 5.74) is 3.93. The minimum atomic E-state index is 1.01. The summed E-state index contributed by atoms with van der Waals surface area (Å²) in [7, 11) is 0. The monoisotopic (exact) mass is 182 g/mol. The topological polar surface area (TPSA) is 15.6 Å². The first-order valence-electron chi connectivity index (χ1n) is 4.71. The standard InChI is InChI=1S/C12H10N2/c1-2-6-12-10(4-1)8-11-5-3-7-13-9-14(11)12/h1-7,9H,8H2. The van der Waals surface area contributed by atoms with Crippen molar-refractivity contribution in [1.29, 1.82) is 0 Å². The van der Waals surface area contributed by atoms with E-state index >= 15 is 0 Å². The molecule has 2 heterocycles. The molecule has 0 saturated carbocycles. The van der Waals surface area contributed by atoms with Gasteiger partial charge in [-0.2, -0.15) is 0 Å². The summed E-state index contributed by atoms with van der Waals surface area (Å²) in [4.78, 5) is 6.33. The van der Waals surface area contributed by atoms with Crippen LogP contribution in [0.2, 0.25) is 0 Å². The van der Waals surface area contributed by atoms with Gasteiger partial charge in [-0.05, 0) is 23.8 Å². The molecule has 0 saturated heterocycles. The lowest BCUT2D eigenvalue weighted by Gasteiger charge is -2.13. The van der Waals surface area contributed by atoms with Crippen LogP contribution in [0.25, 0.3) is 0 Å². The van der Waals surface area contributed by atoms with Crippen molar-refractivity contribution in [3.05, 3.63) is 53.9 Å². The van der Waals surface area contributed by atoms with E-state index in [-0.39, 0.29) is 0 Å². The van der Waals surface area contributed by atoms with Crippen molar-refractivity contribution in [2.24, 2.45) is 4.99 Å². The highest BCUT2D eigenvalue weighted by Crippen LogP contribution is 2.33. The van der Waals surface area contributed by atoms with E-state index in [0.717, 1.165) is 6.42 Å². The Morgan fingerprint density at radius 3 is 3.14 bits per heavy atom. The largest absolute Gasteiger partial charge is 0.304 e. The van der Waals surface area contributed by atoms with Crippen LogP contribution >= 0.6 is 0 Å². The molecule has 3 rings (SSSR count). The molecular formula is C12H10N2. The van der Waals surface area contributed by atoms with E-state index in [4.69, 9.17) is 0 Å². The second kappa shape index (κ2) is 2.84. The molecule has 68 valence electrons. The fourth-order valence-electron chi connectivity index (χ4n) is 1.91. The molecule has 1 aromatic carbocycles. The van der Waals surface area contributed by atoms with Crippen LogP contribution in [0, 0.1) is 0 Å². The van der Waals surface area contributed by atoms with E-state index in [1.165, 1.54) is 16.9 Å². The summed E-state index contributed by atoms with van der Waals surface area (Å²) < 4.78 is 0. The van der Waals surface area contributed by atoms with Gasteiger partial charge in [0.15, 0.2) is 0 Å². The summed E-state index contributed by atoms with van der Waals surface area (Å²) in [5, 5.41) is 0. The Morgan fingerprint density at radius 2 is 2.14 bits per heavy atom. The highest BCUT2D eigenvalue weighted by Gasteiger charge is 2.21. The molecule has 14 heavy (non-hydrogen) atoms. The molecule has 2 heteroatoms. The third-order valence-corrected chi connectivity index (χ3v) is 2.58. The van der Waals surface area contributed by atoms with Gasteiger partial charge in [0.05, 0.1) is 12.0 Å². The molecule has 0 unspecified atom stereocenters. The number of nitrogens with zero attached hydrogens (tertiary/aromatic N) is 2. The molecule has 0 spiro atoms. The number of benzene rings is 1. The summed E-state index contributed by atoms with van der Waals surface area (Å²) in [5.74, 6) is 0. The van der Waals surface area contributed by atoms with Crippen molar-refractivity contribution in [1.82, 2.24) is 0 Å². The summed E-state index contributed by atoms with van der Waals surface area (Å²) >= 11 is 0. The molecule has 0 aromatic heterocycles. The molecule has 2 nitrogen and oxygen atoms in total. The van der Waals surface area contributed by atoms with Gasteiger partial charge in [0.2, 0.25) is 0 Å². The number of rotatable bonds is 0. The van der Waals surface area contributed by atoms with Gasteiger partial charge in [-0.1, -0.05) is 18.2 Å². The quantitative estimate of drug-likeness (QED) is 0.602. The molecule has 0 radical (unpaired) electrons. The number of fused-ring (bicyclic) bond motifs is 3. The molecule has 2 aliphatic rings. The van der Waals surface area contributed by atoms with E-state index in [1.807, 2.05) is 18.6 Å². The maximum Gasteiger partial charge on any atom is 0.0993 e. The van der Waals surface area contributed by atoms with Crippen molar-refractivity contribution in [2.75, 3.05) is 4.90 Å². The molecule has 0 fully saturated rings. The molecule has 0 bridgehead atoms. The third kappa shape index (κ3) is 1.01. The van der Waals surface area contributed by atoms with Gasteiger partial charge in [-0.15, -0.1) is 0 Å². The zero-order chi connectivity index (χ0) is 9.38. The fourth-order valence-corrected chi connectivity index (χ4v) is 1.91. The number of para-hydroxylation sites is 1. The fraction of sp³-hybridized carbons (Fsp3) is 0.0833. The Hall–Kier alpha value is -1.83. The van der Waals surface area contributed by atoms with Crippen molar-refractivity contribution in [3.8, 4) is 0 Å². The van der Waals surface area contributed by atoms with E-state index in [2.05, 4.69) is 40.2 Å². The van der Waals surface area contributed by atoms with Gasteiger partial charge >= 0.3 is 0 Å². The van der Waals surface area contributed by atoms with Gasteiger partial charge in [-0.3, -0.25) is 0 Å². The summed E-state index contributed by atoms with van der Waals surface area (Å²) in [6.07, 6.45) is 8.80.